The van der Waals surface area contributed by atoms with Crippen LogP contribution in [0.5, 0.6) is 0 Å². The maximum Gasteiger partial charge on any atom is 0.407 e. The Morgan fingerprint density at radius 2 is 1.44 bits per heavy atom. The lowest BCUT2D eigenvalue weighted by Gasteiger charge is -2.41. The van der Waals surface area contributed by atoms with E-state index in [1.165, 1.54) is 14.2 Å². The highest BCUT2D eigenvalue weighted by Gasteiger charge is 2.56. The third-order valence-corrected chi connectivity index (χ3v) is 14.5. The van der Waals surface area contributed by atoms with Gasteiger partial charge in [-0.15, -0.1) is 0 Å². The van der Waals surface area contributed by atoms with Crippen molar-refractivity contribution in [1.82, 2.24) is 40.4 Å². The molecule has 2 bridgehead atoms. The van der Waals surface area contributed by atoms with E-state index in [2.05, 4.69) is 87.8 Å². The Morgan fingerprint density at radius 3 is 2.09 bits per heavy atom. The van der Waals surface area contributed by atoms with Crippen LogP contribution in [0.25, 0.3) is 44.4 Å². The minimum Gasteiger partial charge on any atom is -0.483 e. The largest absolute Gasteiger partial charge is 0.483 e. The molecule has 64 heavy (non-hydrogen) atoms. The van der Waals surface area contributed by atoms with Gasteiger partial charge in [0.15, 0.2) is 5.88 Å². The maximum atomic E-state index is 14.4. The molecule has 336 valence electrons. The van der Waals surface area contributed by atoms with Crippen molar-refractivity contribution >= 4 is 28.7 Å². The first kappa shape index (κ1) is 43.1. The smallest absolute Gasteiger partial charge is 0.407 e. The lowest BCUT2D eigenvalue weighted by molar-refractivity contribution is -0.146. The minimum atomic E-state index is -0.812. The summed E-state index contributed by atoms with van der Waals surface area (Å²) < 4.78 is 15.9. The van der Waals surface area contributed by atoms with E-state index >= 15 is 0 Å². The van der Waals surface area contributed by atoms with Gasteiger partial charge in [-0.2, -0.15) is 0 Å². The molecular formula is C50H60N8O6. The van der Waals surface area contributed by atoms with Crippen molar-refractivity contribution in [1.29, 1.82) is 0 Å². The second kappa shape index (κ2) is 16.8. The van der Waals surface area contributed by atoms with E-state index in [0.29, 0.717) is 18.3 Å². The van der Waals surface area contributed by atoms with Crippen LogP contribution in [-0.2, 0) is 23.8 Å². The van der Waals surface area contributed by atoms with Gasteiger partial charge in [-0.3, -0.25) is 9.59 Å². The number of fused-ring (bicyclic) bond motifs is 3. The SMILES string of the molecule is C=C(N[C@H](C(=O)N1[C@@H]2CC[C@@H](C2)[C@H]1c1ncc(-c2ccc3cc(-c4ccc(-c5cnc([C@@H]6CC7(CC7)CN6C(=O)[C@@H](NC(=O)OC)C(C)C)[nH]5)cc4)ccc3c2)[nH]1)C(C)(C)OC)OC. The molecule has 14 heteroatoms. The number of benzene rings is 3. The van der Waals surface area contributed by atoms with Crippen molar-refractivity contribution < 1.29 is 28.6 Å². The van der Waals surface area contributed by atoms with Crippen molar-refractivity contribution in [3.63, 3.8) is 0 Å². The summed E-state index contributed by atoms with van der Waals surface area (Å²) in [6.07, 6.45) is 9.12. The number of nitrogens with zero attached hydrogens (tertiary/aromatic N) is 4. The number of nitrogens with one attached hydrogen (secondary N) is 4. The topological polar surface area (TPSA) is 167 Å². The van der Waals surface area contributed by atoms with Gasteiger partial charge in [0, 0.05) is 25.3 Å². The predicted molar refractivity (Wildman–Crippen MR) is 244 cm³/mol. The molecule has 5 aromatic rings. The first-order valence-corrected chi connectivity index (χ1v) is 22.5. The third kappa shape index (κ3) is 8.01. The fourth-order valence-electron chi connectivity index (χ4n) is 10.3. The summed E-state index contributed by atoms with van der Waals surface area (Å²) in [4.78, 5) is 61.2. The Kier molecular flexibility index (Phi) is 11.3. The number of alkyl carbamates (subject to hydrolysis) is 1. The molecule has 2 saturated carbocycles. The number of hydrogen-bond donors (Lipinski definition) is 4. The van der Waals surface area contributed by atoms with Crippen LogP contribution < -0.4 is 10.6 Å². The van der Waals surface area contributed by atoms with Gasteiger partial charge in [-0.25, -0.2) is 14.8 Å². The van der Waals surface area contributed by atoms with Crippen molar-refractivity contribution in [2.75, 3.05) is 27.9 Å². The van der Waals surface area contributed by atoms with Gasteiger partial charge in [0.25, 0.3) is 0 Å². The molecule has 3 aromatic carbocycles. The quantitative estimate of drug-likeness (QED) is 0.0804. The molecule has 2 aliphatic heterocycles. The molecule has 2 saturated heterocycles. The Morgan fingerprint density at radius 1 is 0.812 bits per heavy atom. The molecular weight excluding hydrogens is 809 g/mol. The zero-order valence-electron chi connectivity index (χ0n) is 37.9. The Balaban J connectivity index is 0.897. The predicted octanol–water partition coefficient (Wildman–Crippen LogP) is 8.27. The van der Waals surface area contributed by atoms with Crippen LogP contribution in [0.4, 0.5) is 4.79 Å². The maximum absolute atomic E-state index is 14.4. The van der Waals surface area contributed by atoms with Crippen LogP contribution in [0, 0.1) is 17.3 Å². The second-order valence-corrected chi connectivity index (χ2v) is 19.2. The molecule has 3 amide bonds. The van der Waals surface area contributed by atoms with Crippen molar-refractivity contribution in [2.45, 2.75) is 102 Å². The van der Waals surface area contributed by atoms with Crippen molar-refractivity contribution in [2.24, 2.45) is 17.3 Å². The number of methoxy groups -OCH3 is 3. The van der Waals surface area contributed by atoms with Crippen LogP contribution in [0.1, 0.15) is 90.0 Å². The van der Waals surface area contributed by atoms with Gasteiger partial charge in [0.05, 0.1) is 55.7 Å². The standard InChI is InChI=1S/C50H60N8O6/c1-28(2)41(56-48(61)63-7)46(59)57-27-50(19-20-50)24-40(57)44-51-25-38(54-44)31-11-9-30(10-12-31)32-13-14-34-22-35(16-15-33(34)21-32)39-26-52-45(55-39)42-36-17-18-37(23-36)58(42)47(60)43(49(4,5)64-8)53-29(3)62-6/h9-16,21-22,25-26,28,36-37,40-43,53H,3,17-20,23-24,27H2,1-2,4-8H3,(H,51,54)(H,52,55)(H,56,61)/t36-,37+,40-,41-,42-,43+/m0/s1. The number of rotatable bonds is 14. The van der Waals surface area contributed by atoms with E-state index < -0.39 is 23.8 Å². The molecule has 1 spiro atoms. The number of likely N-dealkylation sites (tertiary alicyclic amines) is 2. The number of piperidine rings is 1. The summed E-state index contributed by atoms with van der Waals surface area (Å²) in [5.74, 6) is 1.94. The number of imidazole rings is 2. The average Bonchev–Trinajstić information content (AvgIpc) is 3.94. The summed E-state index contributed by atoms with van der Waals surface area (Å²) in [5.41, 5.74) is 5.33. The highest BCUT2D eigenvalue weighted by molar-refractivity contribution is 5.91. The number of carbonyl (C=O) groups excluding carboxylic acids is 3. The van der Waals surface area contributed by atoms with Crippen LogP contribution in [0.15, 0.2) is 85.5 Å². The lowest BCUT2D eigenvalue weighted by atomic mass is 9.93. The number of amides is 3. The molecule has 6 atom stereocenters. The van der Waals surface area contributed by atoms with Gasteiger partial charge in [0.2, 0.25) is 11.8 Å². The Hall–Kier alpha value is -6.15. The summed E-state index contributed by atoms with van der Waals surface area (Å²) in [6.45, 7) is 12.2. The molecule has 9 rings (SSSR count). The number of aromatic amines is 2. The van der Waals surface area contributed by atoms with E-state index in [4.69, 9.17) is 24.2 Å². The molecule has 4 aliphatic rings. The number of hydrogen-bond acceptors (Lipinski definition) is 9. The molecule has 4 fully saturated rings. The number of aromatic nitrogens is 4. The summed E-state index contributed by atoms with van der Waals surface area (Å²) >= 11 is 0. The van der Waals surface area contributed by atoms with Crippen molar-refractivity contribution in [3.8, 4) is 33.6 Å². The molecule has 4 heterocycles. The van der Waals surface area contributed by atoms with Gasteiger partial charge < -0.3 is 44.6 Å². The van der Waals surface area contributed by atoms with Crippen molar-refractivity contribution in [3.05, 3.63) is 97.2 Å². The van der Waals surface area contributed by atoms with Gasteiger partial charge in [0.1, 0.15) is 23.7 Å². The van der Waals surface area contributed by atoms with Gasteiger partial charge >= 0.3 is 6.09 Å². The molecule has 0 unspecified atom stereocenters. The number of carbonyl (C=O) groups is 3. The molecule has 4 N–H and O–H groups in total. The average molecular weight is 869 g/mol. The van der Waals surface area contributed by atoms with Crippen LogP contribution in [0.2, 0.25) is 0 Å². The first-order chi connectivity index (χ1) is 30.7. The molecule has 14 nitrogen and oxygen atoms in total. The normalized spacial score (nSPS) is 21.9. The first-order valence-electron chi connectivity index (χ1n) is 22.5. The fraction of sp³-hybridized carbons (Fsp3) is 0.460. The monoisotopic (exact) mass is 868 g/mol. The zero-order valence-corrected chi connectivity index (χ0v) is 37.9. The van der Waals surface area contributed by atoms with E-state index in [0.717, 1.165) is 94.6 Å². The molecule has 0 radical (unpaired) electrons. The van der Waals surface area contributed by atoms with Crippen LogP contribution >= 0.6 is 0 Å². The minimum absolute atomic E-state index is 0.0492. The lowest BCUT2D eigenvalue weighted by Crippen LogP contribution is -2.59. The second-order valence-electron chi connectivity index (χ2n) is 19.2. The Bertz CT molecular complexity index is 2580. The van der Waals surface area contributed by atoms with Crippen LogP contribution in [0.3, 0.4) is 0 Å². The zero-order chi connectivity index (χ0) is 45.1. The third-order valence-electron chi connectivity index (χ3n) is 14.5. The summed E-state index contributed by atoms with van der Waals surface area (Å²) in [7, 11) is 4.45. The molecule has 2 aromatic heterocycles. The van der Waals surface area contributed by atoms with E-state index in [1.807, 2.05) is 49.9 Å². The highest BCUT2D eigenvalue weighted by atomic mass is 16.5. The van der Waals surface area contributed by atoms with Crippen LogP contribution in [-0.4, -0.2) is 99.2 Å². The van der Waals surface area contributed by atoms with Gasteiger partial charge in [-0.05, 0) is 116 Å². The molecule has 2 aliphatic carbocycles. The Labute approximate surface area is 374 Å². The van der Waals surface area contributed by atoms with E-state index in [9.17, 15) is 14.4 Å². The number of ether oxygens (including phenoxy) is 3. The number of H-pyrrole nitrogens is 2. The van der Waals surface area contributed by atoms with E-state index in [1.54, 1.807) is 7.11 Å². The highest BCUT2D eigenvalue weighted by Crippen LogP contribution is 2.58. The van der Waals surface area contributed by atoms with Gasteiger partial charge in [-0.1, -0.05) is 62.4 Å². The van der Waals surface area contributed by atoms with E-state index in [-0.39, 0.29) is 41.3 Å². The fourth-order valence-corrected chi connectivity index (χ4v) is 10.3. The summed E-state index contributed by atoms with van der Waals surface area (Å²) in [6, 6.07) is 19.8. The summed E-state index contributed by atoms with van der Waals surface area (Å²) in [5, 5.41) is 8.16.